The summed E-state index contributed by atoms with van der Waals surface area (Å²) in [5.74, 6) is 0.500. The van der Waals surface area contributed by atoms with Gasteiger partial charge in [-0.3, -0.25) is 0 Å². The normalized spacial score (nSPS) is 13.9. The Kier molecular flexibility index (Phi) is 19.1. The Morgan fingerprint density at radius 2 is 1.00 bits per heavy atom. The molecule has 0 radical (unpaired) electrons. The van der Waals surface area contributed by atoms with Gasteiger partial charge in [-0.15, -0.1) is 76.5 Å². The molecule has 2 aromatic rings. The molecule has 0 nitrogen and oxygen atoms in total. The van der Waals surface area contributed by atoms with Gasteiger partial charge in [-0.1, -0.05) is 206 Å². The molecule has 20 heteroatoms. The monoisotopic (exact) mass is 1500 g/mol. The highest BCUT2D eigenvalue weighted by atomic mass is 80.0. The van der Waals surface area contributed by atoms with Crippen LogP contribution in [0.4, 0.5) is 0 Å². The number of aryl methyl sites for hydroxylation is 1. The van der Waals surface area contributed by atoms with E-state index in [0.29, 0.717) is 5.92 Å². The van der Waals surface area contributed by atoms with Crippen LogP contribution in [-0.2, 0) is 6.42 Å². The highest BCUT2D eigenvalue weighted by Gasteiger charge is 2.64. The first-order valence-electron chi connectivity index (χ1n) is 10.3. The molecule has 0 saturated heterocycles. The van der Waals surface area contributed by atoms with Crippen molar-refractivity contribution in [3.63, 3.8) is 0 Å². The number of halogens is 14. The lowest BCUT2D eigenvalue weighted by molar-refractivity contribution is 0.873. The fraction of sp³-hybridized carbons (Fsp3) is 0.294. The summed E-state index contributed by atoms with van der Waals surface area (Å²) in [5.41, 5.74) is 1.03. The summed E-state index contributed by atoms with van der Waals surface area (Å²) in [6.07, 6.45) is 1.08. The molecule has 0 spiro atoms. The molecule has 0 aliphatic carbocycles. The highest BCUT2D eigenvalue weighted by Crippen LogP contribution is 2.55. The van der Waals surface area contributed by atoms with Crippen molar-refractivity contribution < 1.29 is 0 Å². The fourth-order valence-electron chi connectivity index (χ4n) is 3.04. The fourth-order valence-corrected chi connectivity index (χ4v) is 233. The Morgan fingerprint density at radius 1 is 0.568 bits per heavy atom. The second kappa shape index (κ2) is 17.0. The second-order valence-electron chi connectivity index (χ2n) is 8.17. The van der Waals surface area contributed by atoms with Crippen molar-refractivity contribution in [2.45, 2.75) is 32.2 Å². The third kappa shape index (κ3) is 11.6. The van der Waals surface area contributed by atoms with Gasteiger partial charge in [-0.05, 0) is 34.7 Å². The van der Waals surface area contributed by atoms with Crippen molar-refractivity contribution >= 4 is 245 Å². The molecule has 0 heterocycles. The van der Waals surface area contributed by atoms with E-state index in [2.05, 4.69) is 283 Å². The summed E-state index contributed by atoms with van der Waals surface area (Å²) < 4.78 is -7.42. The van der Waals surface area contributed by atoms with E-state index in [1.54, 1.807) is 0 Å². The Morgan fingerprint density at radius 3 is 1.41 bits per heavy atom. The Labute approximate surface area is 335 Å². The minimum absolute atomic E-state index is 0.500. The van der Waals surface area contributed by atoms with Gasteiger partial charge in [0.15, 0.2) is 5.73 Å². The molecule has 0 aromatic heterocycles. The summed E-state index contributed by atoms with van der Waals surface area (Å²) in [4.78, 5) is -2.03. The number of benzene rings is 2. The predicted molar refractivity (Wildman–Crippen MR) is 235 cm³/mol. The molecule has 2 rings (SSSR count). The van der Waals surface area contributed by atoms with Crippen LogP contribution in [0.25, 0.3) is 0 Å². The average molecular weight is 1510 g/mol. The molecule has 0 unspecified atom stereocenters. The van der Waals surface area contributed by atoms with Crippen molar-refractivity contribution in [1.29, 1.82) is 0 Å². The van der Waals surface area contributed by atoms with Crippen LogP contribution in [0.5, 0.6) is 0 Å². The van der Waals surface area contributed by atoms with E-state index in [1.165, 1.54) is 16.3 Å². The summed E-state index contributed by atoms with van der Waals surface area (Å²) in [6.45, 7) is 4.46. The van der Waals surface area contributed by atoms with Crippen LogP contribution in [0, 0.1) is 0 Å². The SMILES string of the molecule is Br[Si](Br)(Br)[Si](Br)(CCc1ccccc1)[Si](Br)(Br)Br.CC(C)c1ccccc1[Si](Br)(Br)[Si](Br)(Br)[Si](Br)(Br)Br. The van der Waals surface area contributed by atoms with E-state index in [0.717, 1.165) is 12.5 Å². The first-order chi connectivity index (χ1) is 16.5. The third-order valence-electron chi connectivity index (χ3n) is 5.17. The maximum Gasteiger partial charge on any atom is 0.278 e. The van der Waals surface area contributed by atoms with Gasteiger partial charge in [-0.2, -0.15) is 0 Å². The van der Waals surface area contributed by atoms with Gasteiger partial charge in [0, 0.05) is 0 Å². The summed E-state index contributed by atoms with van der Waals surface area (Å²) in [7, 11) is 0. The average Bonchev–Trinajstić information content (AvgIpc) is 2.76. The number of rotatable bonds is 9. The molecule has 0 fully saturated rings. The molecule has 0 N–H and O–H groups in total. The maximum atomic E-state index is 4.07. The number of hydrogen-bond acceptors (Lipinski definition) is 0. The van der Waals surface area contributed by atoms with Crippen LogP contribution in [0.15, 0.2) is 54.6 Å². The van der Waals surface area contributed by atoms with Crippen molar-refractivity contribution in [2.24, 2.45) is 0 Å². The van der Waals surface area contributed by atoms with Gasteiger partial charge >= 0.3 is 0 Å². The lowest BCUT2D eigenvalue weighted by Gasteiger charge is -2.36. The van der Waals surface area contributed by atoms with Crippen LogP contribution in [0.3, 0.4) is 0 Å². The molecule has 2 aromatic carbocycles. The third-order valence-corrected chi connectivity index (χ3v) is 248. The maximum absolute atomic E-state index is 4.07. The quantitative estimate of drug-likeness (QED) is 0.173. The molecular weight excluding hydrogens is 1490 g/mol. The molecule has 0 atom stereocenters. The Hall–Kier alpha value is 6.46. The zero-order valence-corrected chi connectivity index (χ0v) is 47.2. The van der Waals surface area contributed by atoms with E-state index in [1.807, 2.05) is 0 Å². The molecule has 0 amide bonds. The van der Waals surface area contributed by atoms with Gasteiger partial charge in [0.1, 0.15) is 0 Å². The van der Waals surface area contributed by atoms with Crippen LogP contribution >= 0.6 is 214 Å². The molecule has 0 saturated carbocycles. The van der Waals surface area contributed by atoms with Crippen molar-refractivity contribution in [3.8, 4) is 0 Å². The minimum Gasteiger partial charge on any atom is -0.126 e. The predicted octanol–water partition coefficient (Wildman–Crippen LogP) is 13.7. The van der Waals surface area contributed by atoms with Crippen LogP contribution < -0.4 is 5.19 Å². The van der Waals surface area contributed by atoms with E-state index < -0.39 is 25.3 Å². The van der Waals surface area contributed by atoms with Gasteiger partial charge in [0.25, 0.3) is 10.3 Å². The first kappa shape index (κ1) is 41.5. The van der Waals surface area contributed by atoms with E-state index in [-0.39, 0.29) is 0 Å². The summed E-state index contributed by atoms with van der Waals surface area (Å²) in [6, 6.07) is 20.4. The molecular formula is C17H20Br14Si6. The molecule has 210 valence electrons. The minimum atomic E-state index is -2.03. The van der Waals surface area contributed by atoms with Crippen LogP contribution in [0.2, 0.25) is 6.04 Å². The summed E-state index contributed by atoms with van der Waals surface area (Å²) >= 11 is 54.6. The van der Waals surface area contributed by atoms with E-state index in [4.69, 9.17) is 0 Å². The number of hydrogen-bond donors (Lipinski definition) is 0. The molecule has 0 aliphatic rings. The molecule has 0 bridgehead atoms. The van der Waals surface area contributed by atoms with Crippen molar-refractivity contribution in [2.75, 3.05) is 0 Å². The smallest absolute Gasteiger partial charge is 0.126 e. The van der Waals surface area contributed by atoms with E-state index >= 15 is 0 Å². The van der Waals surface area contributed by atoms with Gasteiger partial charge < -0.3 is 0 Å². The zero-order chi connectivity index (χ0) is 29.1. The van der Waals surface area contributed by atoms with Crippen molar-refractivity contribution in [1.82, 2.24) is 0 Å². The van der Waals surface area contributed by atoms with Crippen LogP contribution in [-0.4, -0.2) is 25.3 Å². The lowest BCUT2D eigenvalue weighted by atomic mass is 10.0. The topological polar surface area (TPSA) is 0 Å². The molecule has 0 aliphatic heterocycles. The second-order valence-corrected chi connectivity index (χ2v) is 161. The first-order valence-corrected chi connectivity index (χ1v) is 58.1. The lowest BCUT2D eigenvalue weighted by Crippen LogP contribution is -2.64. The van der Waals surface area contributed by atoms with E-state index in [9.17, 15) is 0 Å². The Bertz CT molecular complexity index is 990. The van der Waals surface area contributed by atoms with Crippen LogP contribution in [0.1, 0.15) is 30.9 Å². The van der Waals surface area contributed by atoms with Gasteiger partial charge in [0.2, 0.25) is 9.18 Å². The molecule has 37 heavy (non-hydrogen) atoms. The standard InChI is InChI=1S/C9H11Br7Si3.C8H9Br7Si3/c1-7(2)8-5-3-4-6-9(8)17(10,11)19(15,16)18(12,13)14;9-16(17(10,11)12,18(13,14)15)7-6-8-4-2-1-3-5-8/h3-7H,1-2H3;1-5H,6-7H2. The van der Waals surface area contributed by atoms with Gasteiger partial charge in [-0.25, -0.2) is 0 Å². The zero-order valence-electron chi connectivity index (χ0n) is 19.0. The van der Waals surface area contributed by atoms with Gasteiger partial charge in [0.05, 0.1) is 0 Å². The van der Waals surface area contributed by atoms with Crippen molar-refractivity contribution in [3.05, 3.63) is 65.7 Å². The Balaban J connectivity index is 0.000000371. The largest absolute Gasteiger partial charge is 0.278 e. The summed E-state index contributed by atoms with van der Waals surface area (Å²) in [5, 5.41) is 1.39. The highest BCUT2D eigenvalue weighted by molar-refractivity contribution is 9.85.